The van der Waals surface area contributed by atoms with Crippen molar-refractivity contribution in [2.24, 2.45) is 5.92 Å². The first-order chi connectivity index (χ1) is 25.3. The summed E-state index contributed by atoms with van der Waals surface area (Å²) in [7, 11) is 0. The van der Waals surface area contributed by atoms with E-state index < -0.39 is 5.82 Å². The Labute approximate surface area is 310 Å². The highest BCUT2D eigenvalue weighted by molar-refractivity contribution is 6.43. The Kier molecular flexibility index (Phi) is 8.49. The predicted octanol–water partition coefficient (Wildman–Crippen LogP) is 8.06. The van der Waals surface area contributed by atoms with E-state index in [-0.39, 0.29) is 47.0 Å². The van der Waals surface area contributed by atoms with Gasteiger partial charge >= 0.3 is 0 Å². The molecule has 6 heterocycles. The molecule has 3 atom stereocenters. The number of likely N-dealkylation sites (tertiary alicyclic amines) is 1. The van der Waals surface area contributed by atoms with Gasteiger partial charge in [0.1, 0.15) is 17.4 Å². The quantitative estimate of drug-likeness (QED) is 0.172. The van der Waals surface area contributed by atoms with Crippen LogP contribution in [0.15, 0.2) is 42.6 Å². The molecule has 2 aromatic carbocycles. The number of ether oxygens (including phenoxy) is 2. The molecular weight excluding hydrogens is 702 g/mol. The summed E-state index contributed by atoms with van der Waals surface area (Å²) >= 11 is 13.1. The summed E-state index contributed by atoms with van der Waals surface area (Å²) in [6, 6.07) is 13.3. The monoisotopic (exact) mass is 738 g/mol. The van der Waals surface area contributed by atoms with Crippen molar-refractivity contribution in [1.82, 2.24) is 24.8 Å². The summed E-state index contributed by atoms with van der Waals surface area (Å²) in [4.78, 5) is 25.3. The van der Waals surface area contributed by atoms with E-state index in [1.165, 1.54) is 0 Å². The van der Waals surface area contributed by atoms with Gasteiger partial charge in [0.15, 0.2) is 5.82 Å². The number of benzene rings is 2. The van der Waals surface area contributed by atoms with Crippen molar-refractivity contribution in [3.8, 4) is 28.8 Å². The second kappa shape index (κ2) is 13.2. The molecule has 266 valence electrons. The zero-order valence-electron chi connectivity index (χ0n) is 28.7. The molecule has 1 saturated carbocycles. The van der Waals surface area contributed by atoms with E-state index in [1.54, 1.807) is 24.4 Å². The van der Waals surface area contributed by atoms with Crippen LogP contribution in [0.5, 0.6) is 11.6 Å². The van der Waals surface area contributed by atoms with Crippen molar-refractivity contribution in [3.05, 3.63) is 81.0 Å². The van der Waals surface area contributed by atoms with Crippen LogP contribution < -0.4 is 14.8 Å². The molecule has 0 radical (unpaired) electrons. The number of aromatic nitrogens is 3. The molecular formula is C40H37Cl2FN6O3. The van der Waals surface area contributed by atoms with Crippen LogP contribution in [0.4, 0.5) is 4.39 Å². The molecule has 1 N–H and O–H groups in total. The van der Waals surface area contributed by atoms with Gasteiger partial charge in [0, 0.05) is 77.3 Å². The summed E-state index contributed by atoms with van der Waals surface area (Å²) in [6.45, 7) is 4.55. The number of halogens is 3. The van der Waals surface area contributed by atoms with Crippen LogP contribution in [0.1, 0.15) is 66.7 Å². The molecule has 5 aromatic rings. The number of carbonyl (C=O) groups excluding carboxylic acids is 1. The number of nitrogens with zero attached hydrogens (tertiary/aromatic N) is 5. The number of hydrogen-bond donors (Lipinski definition) is 1. The molecule has 1 amide bonds. The Bertz CT molecular complexity index is 2310. The third kappa shape index (κ3) is 5.56. The molecule has 1 aliphatic carbocycles. The molecule has 0 unspecified atom stereocenters. The summed E-state index contributed by atoms with van der Waals surface area (Å²) < 4.78 is 31.9. The first kappa shape index (κ1) is 33.4. The van der Waals surface area contributed by atoms with Gasteiger partial charge < -0.3 is 24.3 Å². The highest BCUT2D eigenvalue weighted by Crippen LogP contribution is 2.47. The second-order valence-corrected chi connectivity index (χ2v) is 15.2. The van der Waals surface area contributed by atoms with Crippen LogP contribution >= 0.6 is 23.2 Å². The normalized spacial score (nSPS) is 21.1. The van der Waals surface area contributed by atoms with Gasteiger partial charge in [0.25, 0.3) is 0 Å². The van der Waals surface area contributed by atoms with Crippen molar-refractivity contribution in [2.75, 3.05) is 26.2 Å². The van der Waals surface area contributed by atoms with Gasteiger partial charge in [-0.2, -0.15) is 5.26 Å². The number of aryl methyl sites for hydroxylation is 2. The molecule has 9 nitrogen and oxygen atoms in total. The maximum absolute atomic E-state index is 17.1. The van der Waals surface area contributed by atoms with E-state index >= 15 is 4.39 Å². The fraction of sp³-hybridized carbons (Fsp3) is 0.400. The van der Waals surface area contributed by atoms with Gasteiger partial charge in [-0.15, -0.1) is 0 Å². The van der Waals surface area contributed by atoms with E-state index in [2.05, 4.69) is 27.0 Å². The number of carbonyl (C=O) groups is 1. The molecule has 9 rings (SSSR count). The molecule has 52 heavy (non-hydrogen) atoms. The SMILES string of the molecule is Cc1nc2c(F)c(-c3cccc(Cl)c3Cl)c(CCC#N)cc2c2c1cc([C@H]1C[C@H](Oc3ccnc4c3CCO4)CN1C(=O)C1CC1)n2[C@H]1CCNC1. The second-order valence-electron chi connectivity index (χ2n) is 14.4. The largest absolute Gasteiger partial charge is 0.488 e. The Morgan fingerprint density at radius 2 is 2.06 bits per heavy atom. The lowest BCUT2D eigenvalue weighted by Crippen LogP contribution is -2.34. The van der Waals surface area contributed by atoms with E-state index in [1.807, 2.05) is 24.0 Å². The van der Waals surface area contributed by atoms with Crippen molar-refractivity contribution >= 4 is 50.9 Å². The maximum Gasteiger partial charge on any atom is 0.226 e. The predicted molar refractivity (Wildman–Crippen MR) is 197 cm³/mol. The summed E-state index contributed by atoms with van der Waals surface area (Å²) in [5.41, 5.74) is 5.24. The highest BCUT2D eigenvalue weighted by Gasteiger charge is 2.45. The van der Waals surface area contributed by atoms with Crippen molar-refractivity contribution in [2.45, 2.75) is 70.1 Å². The molecule has 3 fully saturated rings. The number of hydrogen-bond acceptors (Lipinski definition) is 7. The van der Waals surface area contributed by atoms with Gasteiger partial charge in [0.2, 0.25) is 11.8 Å². The van der Waals surface area contributed by atoms with Crippen LogP contribution in [-0.4, -0.2) is 57.7 Å². The summed E-state index contributed by atoms with van der Waals surface area (Å²) in [5, 5.41) is 15.3. The van der Waals surface area contributed by atoms with Gasteiger partial charge in [0.05, 0.1) is 46.4 Å². The third-order valence-corrected chi connectivity index (χ3v) is 11.9. The van der Waals surface area contributed by atoms with E-state index in [0.29, 0.717) is 64.7 Å². The number of rotatable bonds is 8. The minimum atomic E-state index is -0.493. The maximum atomic E-state index is 17.1. The molecule has 3 aromatic heterocycles. The Hall–Kier alpha value is -4.43. The number of nitrogens with one attached hydrogen (secondary N) is 1. The molecule has 0 spiro atoms. The van der Waals surface area contributed by atoms with Crippen LogP contribution in [0, 0.1) is 30.0 Å². The molecule has 2 saturated heterocycles. The summed E-state index contributed by atoms with van der Waals surface area (Å²) in [5.74, 6) is 1.07. The first-order valence-electron chi connectivity index (χ1n) is 18.1. The standard InChI is InChI=1S/C40H37Cl2FN6O3/c1-21-28-18-32(31-17-25(20-48(31)40(50)22-7-8-22)52-33-10-14-46-39-26(33)11-15-51-39)49(24-9-13-45-19-24)38(28)29-16-23(4-3-12-44)34(36(43)37(29)47-21)27-5-2-6-30(41)35(27)42/h2,5-6,10,14,16,18,22,24-25,31,45H,3-4,7-9,11,13,15,17,19-20H2,1H3/t24-,25-,31+/m0/s1. The van der Waals surface area contributed by atoms with Gasteiger partial charge in [-0.05, 0) is 69.0 Å². The van der Waals surface area contributed by atoms with Crippen LogP contribution in [0.3, 0.4) is 0 Å². The molecule has 4 aliphatic rings. The van der Waals surface area contributed by atoms with Gasteiger partial charge in [-0.3, -0.25) is 4.79 Å². The molecule has 0 bridgehead atoms. The van der Waals surface area contributed by atoms with Gasteiger partial charge in [-0.25, -0.2) is 14.4 Å². The first-order valence-corrected chi connectivity index (χ1v) is 18.8. The fourth-order valence-electron chi connectivity index (χ4n) is 8.51. The van der Waals surface area contributed by atoms with Crippen LogP contribution in [0.2, 0.25) is 10.0 Å². The minimum Gasteiger partial charge on any atom is -0.488 e. The van der Waals surface area contributed by atoms with Crippen LogP contribution in [-0.2, 0) is 17.6 Å². The van der Waals surface area contributed by atoms with E-state index in [4.69, 9.17) is 37.7 Å². The fourth-order valence-corrected chi connectivity index (χ4v) is 8.91. The van der Waals surface area contributed by atoms with E-state index in [9.17, 15) is 10.1 Å². The molecule has 3 aliphatic heterocycles. The average Bonchev–Trinajstić information content (AvgIpc) is 3.52. The number of pyridine rings is 2. The Morgan fingerprint density at radius 1 is 1.19 bits per heavy atom. The number of fused-ring (bicyclic) bond motifs is 4. The zero-order chi connectivity index (χ0) is 35.7. The lowest BCUT2D eigenvalue weighted by atomic mass is 9.93. The zero-order valence-corrected chi connectivity index (χ0v) is 30.2. The Balaban J connectivity index is 1.23. The van der Waals surface area contributed by atoms with Gasteiger partial charge in [-0.1, -0.05) is 35.3 Å². The molecule has 12 heteroatoms. The van der Waals surface area contributed by atoms with Crippen LogP contribution in [0.25, 0.3) is 32.9 Å². The third-order valence-electron chi connectivity index (χ3n) is 11.1. The highest BCUT2D eigenvalue weighted by atomic mass is 35.5. The Morgan fingerprint density at radius 3 is 2.85 bits per heavy atom. The number of nitriles is 1. The van der Waals surface area contributed by atoms with E-state index in [0.717, 1.165) is 66.7 Å². The van der Waals surface area contributed by atoms with Crippen molar-refractivity contribution in [3.63, 3.8) is 0 Å². The lowest BCUT2D eigenvalue weighted by molar-refractivity contribution is -0.133. The van der Waals surface area contributed by atoms with Crippen molar-refractivity contribution < 1.29 is 18.7 Å². The minimum absolute atomic E-state index is 0.0311. The van der Waals surface area contributed by atoms with Crippen molar-refractivity contribution in [1.29, 1.82) is 5.26 Å². The smallest absolute Gasteiger partial charge is 0.226 e. The average molecular weight is 740 g/mol. The topological polar surface area (TPSA) is 105 Å². The summed E-state index contributed by atoms with van der Waals surface area (Å²) in [6.07, 6.45) is 6.02. The lowest BCUT2D eigenvalue weighted by Gasteiger charge is -2.28. The number of amides is 1.